The van der Waals surface area contributed by atoms with E-state index in [4.69, 9.17) is 21.6 Å². The molecule has 1 aromatic rings. The Hall–Kier alpha value is -1.40. The summed E-state index contributed by atoms with van der Waals surface area (Å²) in [5.41, 5.74) is 1.64. The van der Waals surface area contributed by atoms with Gasteiger partial charge in [-0.05, 0) is 18.6 Å². The van der Waals surface area contributed by atoms with E-state index in [0.29, 0.717) is 10.8 Å². The van der Waals surface area contributed by atoms with Crippen LogP contribution in [0.2, 0.25) is 5.02 Å². The van der Waals surface area contributed by atoms with Crippen LogP contribution in [0.4, 0.5) is 5.69 Å². The van der Waals surface area contributed by atoms with Crippen molar-refractivity contribution in [3.63, 3.8) is 0 Å². The number of methoxy groups -OCH3 is 1. The molecule has 1 rings (SSSR count). The van der Waals surface area contributed by atoms with Crippen molar-refractivity contribution in [1.82, 2.24) is 0 Å². The van der Waals surface area contributed by atoms with Crippen molar-refractivity contribution >= 4 is 17.3 Å². The molecular weight excluding hydrogens is 200 g/mol. The van der Waals surface area contributed by atoms with Gasteiger partial charge in [0.1, 0.15) is 5.75 Å². The lowest BCUT2D eigenvalue weighted by molar-refractivity contribution is 0.415. The first-order chi connectivity index (χ1) is 6.60. The minimum absolute atomic E-state index is 0.602. The average molecular weight is 211 g/mol. The largest absolute Gasteiger partial charge is 0.494 e. The van der Waals surface area contributed by atoms with E-state index in [1.165, 1.54) is 4.90 Å². The van der Waals surface area contributed by atoms with Crippen LogP contribution < -0.4 is 9.64 Å². The van der Waals surface area contributed by atoms with E-state index in [2.05, 4.69) is 0 Å². The van der Waals surface area contributed by atoms with E-state index in [-0.39, 0.29) is 0 Å². The van der Waals surface area contributed by atoms with Crippen molar-refractivity contribution in [1.29, 1.82) is 5.26 Å². The molecule has 14 heavy (non-hydrogen) atoms. The predicted molar refractivity (Wildman–Crippen MR) is 56.8 cm³/mol. The Bertz CT molecular complexity index is 384. The highest BCUT2D eigenvalue weighted by molar-refractivity contribution is 6.31. The number of ether oxygens (including phenoxy) is 1. The molecule has 0 atom stereocenters. The van der Waals surface area contributed by atoms with Crippen LogP contribution in [-0.2, 0) is 0 Å². The molecule has 0 unspecified atom stereocenters. The molecular formula is C10H11ClN2O. The third-order valence-electron chi connectivity index (χ3n) is 1.97. The van der Waals surface area contributed by atoms with Gasteiger partial charge in [-0.3, -0.25) is 4.90 Å². The minimum atomic E-state index is 0.602. The molecule has 0 saturated carbocycles. The van der Waals surface area contributed by atoms with Crippen LogP contribution in [0.15, 0.2) is 12.1 Å². The van der Waals surface area contributed by atoms with Crippen LogP contribution in [0.1, 0.15) is 5.56 Å². The number of hydrogen-bond donors (Lipinski definition) is 0. The maximum atomic E-state index is 8.76. The van der Waals surface area contributed by atoms with Crippen molar-refractivity contribution in [3.8, 4) is 11.9 Å². The Morgan fingerprint density at radius 1 is 1.50 bits per heavy atom. The topological polar surface area (TPSA) is 36.3 Å². The van der Waals surface area contributed by atoms with Crippen molar-refractivity contribution in [2.75, 3.05) is 19.1 Å². The highest BCUT2D eigenvalue weighted by Crippen LogP contribution is 2.32. The van der Waals surface area contributed by atoms with Crippen LogP contribution in [-0.4, -0.2) is 14.2 Å². The second-order valence-corrected chi connectivity index (χ2v) is 3.34. The lowest BCUT2D eigenvalue weighted by Gasteiger charge is -2.15. The van der Waals surface area contributed by atoms with E-state index in [1.807, 2.05) is 19.2 Å². The van der Waals surface area contributed by atoms with E-state index < -0.39 is 0 Å². The van der Waals surface area contributed by atoms with Crippen LogP contribution >= 0.6 is 11.6 Å². The zero-order chi connectivity index (χ0) is 10.7. The lowest BCUT2D eigenvalue weighted by Crippen LogP contribution is -2.09. The summed E-state index contributed by atoms with van der Waals surface area (Å²) < 4.78 is 5.13. The number of anilines is 1. The molecule has 0 amide bonds. The van der Waals surface area contributed by atoms with Crippen LogP contribution in [0.5, 0.6) is 5.75 Å². The van der Waals surface area contributed by atoms with E-state index in [1.54, 1.807) is 20.2 Å². The smallest absolute Gasteiger partial charge is 0.184 e. The van der Waals surface area contributed by atoms with Crippen molar-refractivity contribution in [3.05, 3.63) is 22.7 Å². The molecule has 0 spiro atoms. The lowest BCUT2D eigenvalue weighted by atomic mass is 10.2. The fourth-order valence-electron chi connectivity index (χ4n) is 1.13. The average Bonchev–Trinajstić information content (AvgIpc) is 2.20. The summed E-state index contributed by atoms with van der Waals surface area (Å²) in [4.78, 5) is 1.43. The number of rotatable bonds is 2. The number of aryl methyl sites for hydroxylation is 1. The quantitative estimate of drug-likeness (QED) is 0.556. The van der Waals surface area contributed by atoms with Gasteiger partial charge in [-0.2, -0.15) is 5.26 Å². The van der Waals surface area contributed by atoms with Crippen LogP contribution in [0.25, 0.3) is 0 Å². The number of nitriles is 1. The van der Waals surface area contributed by atoms with Gasteiger partial charge in [-0.1, -0.05) is 11.6 Å². The Labute approximate surface area is 88.5 Å². The fourth-order valence-corrected chi connectivity index (χ4v) is 1.28. The fraction of sp³-hybridized carbons (Fsp3) is 0.300. The number of hydrogen-bond acceptors (Lipinski definition) is 3. The first-order valence-corrected chi connectivity index (χ1v) is 4.45. The van der Waals surface area contributed by atoms with Crippen LogP contribution in [0.3, 0.4) is 0 Å². The monoisotopic (exact) mass is 210 g/mol. The first-order valence-electron chi connectivity index (χ1n) is 4.07. The van der Waals surface area contributed by atoms with Gasteiger partial charge < -0.3 is 4.74 Å². The number of nitrogens with zero attached hydrogens (tertiary/aromatic N) is 2. The van der Waals surface area contributed by atoms with E-state index in [0.717, 1.165) is 11.3 Å². The van der Waals surface area contributed by atoms with Gasteiger partial charge in [0.05, 0.1) is 12.8 Å². The van der Waals surface area contributed by atoms with Gasteiger partial charge in [-0.25, -0.2) is 0 Å². The summed E-state index contributed by atoms with van der Waals surface area (Å²) in [6.07, 6.45) is 2.01. The second-order valence-electron chi connectivity index (χ2n) is 2.93. The highest BCUT2D eigenvalue weighted by Gasteiger charge is 2.10. The molecule has 0 radical (unpaired) electrons. The molecule has 0 aromatic heterocycles. The molecule has 0 N–H and O–H groups in total. The second kappa shape index (κ2) is 4.21. The first kappa shape index (κ1) is 10.7. The standard InChI is InChI=1S/C10H11ClN2O/c1-7-4-9(13(2)6-12)10(14-3)5-8(7)11/h4-5H,1-3H3. The Morgan fingerprint density at radius 3 is 2.64 bits per heavy atom. The minimum Gasteiger partial charge on any atom is -0.494 e. The van der Waals surface area contributed by atoms with E-state index in [9.17, 15) is 0 Å². The molecule has 0 aliphatic carbocycles. The zero-order valence-electron chi connectivity index (χ0n) is 8.34. The summed E-state index contributed by atoms with van der Waals surface area (Å²) in [5, 5.41) is 9.39. The van der Waals surface area contributed by atoms with Gasteiger partial charge in [0.15, 0.2) is 6.19 Å². The third-order valence-corrected chi connectivity index (χ3v) is 2.38. The Kier molecular flexibility index (Phi) is 3.21. The highest BCUT2D eigenvalue weighted by atomic mass is 35.5. The number of benzene rings is 1. The Morgan fingerprint density at radius 2 is 2.14 bits per heavy atom. The zero-order valence-corrected chi connectivity index (χ0v) is 9.09. The molecule has 0 fully saturated rings. The molecule has 0 heterocycles. The van der Waals surface area contributed by atoms with Crippen molar-refractivity contribution in [2.24, 2.45) is 0 Å². The van der Waals surface area contributed by atoms with Gasteiger partial charge in [0, 0.05) is 18.1 Å². The summed E-state index contributed by atoms with van der Waals surface area (Å²) in [7, 11) is 3.22. The SMILES string of the molecule is COc1cc(Cl)c(C)cc1N(C)C#N. The van der Waals surface area contributed by atoms with Gasteiger partial charge in [0.25, 0.3) is 0 Å². The summed E-state index contributed by atoms with van der Waals surface area (Å²) in [5.74, 6) is 0.602. The van der Waals surface area contributed by atoms with Gasteiger partial charge >= 0.3 is 0 Å². The van der Waals surface area contributed by atoms with Crippen LogP contribution in [0, 0.1) is 18.4 Å². The van der Waals surface area contributed by atoms with Gasteiger partial charge in [0.2, 0.25) is 0 Å². The molecule has 4 heteroatoms. The van der Waals surface area contributed by atoms with Crippen molar-refractivity contribution < 1.29 is 4.74 Å². The maximum absolute atomic E-state index is 8.76. The number of halogens is 1. The summed E-state index contributed by atoms with van der Waals surface area (Å²) >= 11 is 5.93. The van der Waals surface area contributed by atoms with Gasteiger partial charge in [-0.15, -0.1) is 0 Å². The summed E-state index contributed by atoms with van der Waals surface area (Å²) in [6.45, 7) is 1.89. The molecule has 0 aliphatic heterocycles. The van der Waals surface area contributed by atoms with Crippen molar-refractivity contribution in [2.45, 2.75) is 6.92 Å². The molecule has 0 saturated heterocycles. The Balaban J connectivity index is 3.28. The van der Waals surface area contributed by atoms with E-state index >= 15 is 0 Å². The molecule has 0 bridgehead atoms. The summed E-state index contributed by atoms with van der Waals surface area (Å²) in [6, 6.07) is 3.53. The predicted octanol–water partition coefficient (Wildman–Crippen LogP) is 2.57. The molecule has 74 valence electrons. The third kappa shape index (κ3) is 1.91. The molecule has 3 nitrogen and oxygen atoms in total. The normalized spacial score (nSPS) is 9.36. The maximum Gasteiger partial charge on any atom is 0.184 e. The molecule has 0 aliphatic rings. The molecule has 1 aromatic carbocycles.